The van der Waals surface area contributed by atoms with Gasteiger partial charge in [-0.15, -0.1) is 19.6 Å². The molecule has 0 radical (unpaired) electrons. The van der Waals surface area contributed by atoms with Crippen molar-refractivity contribution in [2.24, 2.45) is 0 Å². The maximum Gasteiger partial charge on any atom is 1.00 e. The molecular formula is C6H9K. The van der Waals surface area contributed by atoms with Gasteiger partial charge in [0.2, 0.25) is 0 Å². The Morgan fingerprint density at radius 3 is 2.14 bits per heavy atom. The fourth-order valence-electron chi connectivity index (χ4n) is 0.0833. The molecule has 0 spiro atoms. The van der Waals surface area contributed by atoms with Gasteiger partial charge in [0.15, 0.2) is 0 Å². The van der Waals surface area contributed by atoms with Crippen molar-refractivity contribution in [1.82, 2.24) is 0 Å². The zero-order chi connectivity index (χ0) is 4.99. The minimum Gasteiger partial charge on any atom is -0.244 e. The molecule has 0 atom stereocenters. The number of hydrogen-bond donors (Lipinski definition) is 0. The third-order valence-corrected chi connectivity index (χ3v) is 0.644. The molecule has 0 amide bonds. The predicted molar refractivity (Wildman–Crippen MR) is 29.3 cm³/mol. The second kappa shape index (κ2) is 6.99. The summed E-state index contributed by atoms with van der Waals surface area (Å²) in [7, 11) is 0. The molecule has 0 aliphatic carbocycles. The quantitative estimate of drug-likeness (QED) is 0.235. The molecule has 0 nitrogen and oxygen atoms in total. The molecule has 0 aromatic carbocycles. The Balaban J connectivity index is 0. The summed E-state index contributed by atoms with van der Waals surface area (Å²) in [6.45, 7) is 9.00. The summed E-state index contributed by atoms with van der Waals surface area (Å²) in [5, 5.41) is 0. The average Bonchev–Trinajstić information content (AvgIpc) is 1.65. The fraction of sp³-hybridized carbons (Fsp3) is 0.167. The molecule has 0 bridgehead atoms. The summed E-state index contributed by atoms with van der Waals surface area (Å²) in [6, 6.07) is 0. The van der Waals surface area contributed by atoms with Gasteiger partial charge in [-0.05, 0) is 0 Å². The van der Waals surface area contributed by atoms with Crippen LogP contribution in [0.3, 0.4) is 0 Å². The van der Waals surface area contributed by atoms with E-state index >= 15 is 0 Å². The van der Waals surface area contributed by atoms with Crippen LogP contribution >= 0.6 is 0 Å². The van der Waals surface area contributed by atoms with Gasteiger partial charge in [-0.1, -0.05) is 0 Å². The molecular weight excluding hydrogens is 111 g/mol. The minimum atomic E-state index is 0. The van der Waals surface area contributed by atoms with E-state index in [-0.39, 0.29) is 51.4 Å². The van der Waals surface area contributed by atoms with Crippen LogP contribution < -0.4 is 51.4 Å². The molecule has 7 heavy (non-hydrogen) atoms. The molecule has 0 aromatic rings. The van der Waals surface area contributed by atoms with Crippen molar-refractivity contribution < 1.29 is 51.4 Å². The first-order valence-electron chi connectivity index (χ1n) is 1.89. The Morgan fingerprint density at radius 1 is 1.71 bits per heavy atom. The summed E-state index contributed by atoms with van der Waals surface area (Å²) < 4.78 is 0. The van der Waals surface area contributed by atoms with Crippen molar-refractivity contribution in [3.63, 3.8) is 0 Å². The van der Waals surface area contributed by atoms with Gasteiger partial charge in [-0.3, -0.25) is 0 Å². The summed E-state index contributed by atoms with van der Waals surface area (Å²) >= 11 is 0. The van der Waals surface area contributed by atoms with Crippen LogP contribution in [0, 0.1) is 6.92 Å². The number of hydrogen-bond acceptors (Lipinski definition) is 0. The van der Waals surface area contributed by atoms with Gasteiger partial charge in [-0.25, -0.2) is 13.0 Å². The van der Waals surface area contributed by atoms with Crippen LogP contribution in [0.1, 0.15) is 6.92 Å². The summed E-state index contributed by atoms with van der Waals surface area (Å²) in [5.41, 5.74) is 1.12. The first-order valence-corrected chi connectivity index (χ1v) is 1.89. The molecule has 1 heteroatoms. The van der Waals surface area contributed by atoms with Crippen LogP contribution in [-0.2, 0) is 0 Å². The van der Waals surface area contributed by atoms with Gasteiger partial charge < -0.3 is 0 Å². The van der Waals surface area contributed by atoms with E-state index in [0.717, 1.165) is 5.57 Å². The Kier molecular flexibility index (Phi) is 10.9. The largest absolute Gasteiger partial charge is 1.00 e. The molecule has 34 valence electrons. The Bertz CT molecular complexity index is 72.2. The van der Waals surface area contributed by atoms with Crippen LogP contribution in [0.25, 0.3) is 0 Å². The van der Waals surface area contributed by atoms with E-state index in [4.69, 9.17) is 0 Å². The van der Waals surface area contributed by atoms with Crippen LogP contribution in [0.4, 0.5) is 0 Å². The number of allylic oxidation sites excluding steroid dienone is 3. The van der Waals surface area contributed by atoms with Crippen molar-refractivity contribution in [1.29, 1.82) is 0 Å². The molecule has 0 fully saturated rings. The van der Waals surface area contributed by atoms with Crippen molar-refractivity contribution in [2.45, 2.75) is 6.92 Å². The molecule has 0 saturated carbocycles. The van der Waals surface area contributed by atoms with Crippen molar-refractivity contribution >= 4 is 0 Å². The molecule has 0 rings (SSSR count). The van der Waals surface area contributed by atoms with E-state index < -0.39 is 0 Å². The van der Waals surface area contributed by atoms with Crippen LogP contribution in [0.15, 0.2) is 24.3 Å². The summed E-state index contributed by atoms with van der Waals surface area (Å²) in [6.07, 6.45) is 3.54. The molecule has 0 aliphatic rings. The molecule has 0 heterocycles. The maximum absolute atomic E-state index is 3.52. The van der Waals surface area contributed by atoms with E-state index in [0.29, 0.717) is 0 Å². The van der Waals surface area contributed by atoms with Gasteiger partial charge in [0.05, 0.1) is 0 Å². The summed E-state index contributed by atoms with van der Waals surface area (Å²) in [4.78, 5) is 0. The van der Waals surface area contributed by atoms with Gasteiger partial charge in [0.25, 0.3) is 0 Å². The zero-order valence-electron chi connectivity index (χ0n) is 5.07. The normalized spacial score (nSPS) is 9.57. The minimum absolute atomic E-state index is 0. The standard InChI is InChI=1S/C6H9.K/c1-4-6(3)5-2;/h4-5H,1-2H2,3H3;/q-1;+1/b6-4+;. The molecule has 0 saturated heterocycles. The third kappa shape index (κ3) is 6.99. The van der Waals surface area contributed by atoms with Crippen LogP contribution in [0.2, 0.25) is 0 Å². The van der Waals surface area contributed by atoms with Crippen molar-refractivity contribution in [2.75, 3.05) is 0 Å². The second-order valence-electron chi connectivity index (χ2n) is 1.15. The number of rotatable bonds is 1. The van der Waals surface area contributed by atoms with E-state index in [1.54, 1.807) is 12.2 Å². The second-order valence-corrected chi connectivity index (χ2v) is 1.15. The van der Waals surface area contributed by atoms with E-state index in [9.17, 15) is 0 Å². The van der Waals surface area contributed by atoms with Gasteiger partial charge in [0, 0.05) is 0 Å². The monoisotopic (exact) mass is 120 g/mol. The Labute approximate surface area is 88.1 Å². The molecule has 0 N–H and O–H groups in total. The van der Waals surface area contributed by atoms with E-state index in [1.165, 1.54) is 0 Å². The van der Waals surface area contributed by atoms with Gasteiger partial charge >= 0.3 is 51.4 Å². The Morgan fingerprint density at radius 2 is 2.14 bits per heavy atom. The topological polar surface area (TPSA) is 0 Å². The first-order chi connectivity index (χ1) is 2.81. The molecule has 0 aromatic heterocycles. The third-order valence-electron chi connectivity index (χ3n) is 0.644. The van der Waals surface area contributed by atoms with Gasteiger partial charge in [0.1, 0.15) is 0 Å². The van der Waals surface area contributed by atoms with Crippen LogP contribution in [0.5, 0.6) is 0 Å². The summed E-state index contributed by atoms with van der Waals surface area (Å²) in [5.74, 6) is 0. The van der Waals surface area contributed by atoms with Crippen molar-refractivity contribution in [3.8, 4) is 0 Å². The van der Waals surface area contributed by atoms with Gasteiger partial charge in [-0.2, -0.15) is 5.57 Å². The smallest absolute Gasteiger partial charge is 0.244 e. The maximum atomic E-state index is 3.52. The van der Waals surface area contributed by atoms with Crippen LogP contribution in [-0.4, -0.2) is 0 Å². The molecule has 0 aliphatic heterocycles. The average molecular weight is 120 g/mol. The zero-order valence-corrected chi connectivity index (χ0v) is 8.19. The predicted octanol–water partition coefficient (Wildman–Crippen LogP) is -1.04. The first kappa shape index (κ1) is 10.9. The van der Waals surface area contributed by atoms with E-state index in [2.05, 4.69) is 13.5 Å². The van der Waals surface area contributed by atoms with E-state index in [1.807, 2.05) is 6.92 Å². The molecule has 0 unspecified atom stereocenters. The Hall–Kier alpha value is 0.986. The SMILES string of the molecule is C=C/C(C)=C/[CH2-].[K+]. The fourth-order valence-corrected chi connectivity index (χ4v) is 0.0833. The van der Waals surface area contributed by atoms with Crippen molar-refractivity contribution in [3.05, 3.63) is 31.2 Å².